The van der Waals surface area contributed by atoms with Crippen molar-refractivity contribution >= 4 is 28.4 Å². The average molecular weight is 376 g/mol. The van der Waals surface area contributed by atoms with Crippen molar-refractivity contribution in [3.63, 3.8) is 0 Å². The molecule has 5 rings (SSSR count). The number of nitrogens with zero attached hydrogens (tertiary/aromatic N) is 5. The second-order valence-corrected chi connectivity index (χ2v) is 7.30. The highest BCUT2D eigenvalue weighted by atomic mass is 15.7. The van der Waals surface area contributed by atoms with Gasteiger partial charge in [-0.05, 0) is 43.7 Å². The summed E-state index contributed by atoms with van der Waals surface area (Å²) in [7, 11) is 2.04. The minimum atomic E-state index is 0.598. The Morgan fingerprint density at radius 2 is 2.07 bits per heavy atom. The molecule has 0 aliphatic carbocycles. The van der Waals surface area contributed by atoms with E-state index in [0.29, 0.717) is 12.6 Å². The molecule has 2 aliphatic rings. The third kappa shape index (κ3) is 3.21. The molecule has 3 aromatic rings. The molecule has 2 aliphatic heterocycles. The predicted molar refractivity (Wildman–Crippen MR) is 111 cm³/mol. The van der Waals surface area contributed by atoms with Crippen molar-refractivity contribution in [2.45, 2.75) is 25.4 Å². The van der Waals surface area contributed by atoms with E-state index in [1.54, 1.807) is 0 Å². The van der Waals surface area contributed by atoms with E-state index in [4.69, 9.17) is 4.98 Å². The molecule has 0 radical (unpaired) electrons. The van der Waals surface area contributed by atoms with Crippen LogP contribution >= 0.6 is 0 Å². The minimum absolute atomic E-state index is 0.598. The zero-order valence-electron chi connectivity index (χ0n) is 15.9. The lowest BCUT2D eigenvalue weighted by Crippen LogP contribution is -2.41. The van der Waals surface area contributed by atoms with Gasteiger partial charge in [0.1, 0.15) is 5.82 Å². The van der Waals surface area contributed by atoms with E-state index in [-0.39, 0.29) is 0 Å². The van der Waals surface area contributed by atoms with Crippen LogP contribution in [0.3, 0.4) is 0 Å². The largest absolute Gasteiger partial charge is 0.355 e. The van der Waals surface area contributed by atoms with Gasteiger partial charge in [0.2, 0.25) is 0 Å². The number of hydrazine groups is 2. The summed E-state index contributed by atoms with van der Waals surface area (Å²) >= 11 is 0. The second kappa shape index (κ2) is 7.21. The molecule has 1 saturated heterocycles. The molecule has 0 atom stereocenters. The van der Waals surface area contributed by atoms with Crippen LogP contribution in [-0.2, 0) is 6.54 Å². The average Bonchev–Trinajstić information content (AvgIpc) is 3.16. The highest BCUT2D eigenvalue weighted by molar-refractivity contribution is 5.79. The molecule has 2 aromatic heterocycles. The number of hydrogen-bond acceptors (Lipinski definition) is 8. The molecule has 8 nitrogen and oxygen atoms in total. The van der Waals surface area contributed by atoms with Crippen molar-refractivity contribution in [2.24, 2.45) is 0 Å². The molecule has 0 saturated carbocycles. The van der Waals surface area contributed by atoms with Crippen LogP contribution in [0.4, 0.5) is 17.5 Å². The molecule has 28 heavy (non-hydrogen) atoms. The van der Waals surface area contributed by atoms with Gasteiger partial charge in [-0.25, -0.2) is 9.97 Å². The first kappa shape index (κ1) is 17.2. The molecular formula is C20H24N8. The fraction of sp³-hybridized carbons (Fsp3) is 0.350. The van der Waals surface area contributed by atoms with E-state index in [1.165, 1.54) is 5.56 Å². The molecular weight excluding hydrogens is 352 g/mol. The summed E-state index contributed by atoms with van der Waals surface area (Å²) in [6.45, 7) is 2.68. The Bertz CT molecular complexity index is 983. The second-order valence-electron chi connectivity index (χ2n) is 7.30. The fourth-order valence-electron chi connectivity index (χ4n) is 3.89. The highest BCUT2D eigenvalue weighted by Gasteiger charge is 2.25. The van der Waals surface area contributed by atoms with Crippen molar-refractivity contribution in [3.8, 4) is 0 Å². The van der Waals surface area contributed by atoms with Gasteiger partial charge in [0, 0.05) is 30.7 Å². The van der Waals surface area contributed by atoms with Crippen LogP contribution in [0.2, 0.25) is 0 Å². The van der Waals surface area contributed by atoms with Crippen molar-refractivity contribution < 1.29 is 0 Å². The summed E-state index contributed by atoms with van der Waals surface area (Å²) in [4.78, 5) is 16.2. The Labute approximate surface area is 163 Å². The Hall–Kier alpha value is -2.97. The van der Waals surface area contributed by atoms with Gasteiger partial charge in [0.15, 0.2) is 11.6 Å². The molecule has 0 bridgehead atoms. The number of piperidine rings is 1. The quantitative estimate of drug-likeness (QED) is 0.639. The van der Waals surface area contributed by atoms with Crippen molar-refractivity contribution in [2.75, 3.05) is 35.5 Å². The predicted octanol–water partition coefficient (Wildman–Crippen LogP) is 2.06. The number of benzene rings is 1. The fourth-order valence-corrected chi connectivity index (χ4v) is 3.89. The van der Waals surface area contributed by atoms with Crippen molar-refractivity contribution in [1.82, 2.24) is 25.8 Å². The maximum absolute atomic E-state index is 4.90. The molecule has 0 unspecified atom stereocenters. The smallest absolute Gasteiger partial charge is 0.191 e. The zero-order chi connectivity index (χ0) is 18.9. The SMILES string of the molecule is CNC1CCN(c2cnc3c(n2)N(Cc2ccc4ncccc4c2)NN3)CC1. The van der Waals surface area contributed by atoms with Gasteiger partial charge in [-0.1, -0.05) is 12.1 Å². The number of aromatic nitrogens is 3. The minimum Gasteiger partial charge on any atom is -0.355 e. The third-order valence-electron chi connectivity index (χ3n) is 5.54. The van der Waals surface area contributed by atoms with E-state index in [2.05, 4.69) is 55.4 Å². The molecule has 4 heterocycles. The number of anilines is 3. The van der Waals surface area contributed by atoms with Gasteiger partial charge >= 0.3 is 0 Å². The number of nitrogens with one attached hydrogen (secondary N) is 3. The van der Waals surface area contributed by atoms with Gasteiger partial charge in [-0.15, -0.1) is 5.53 Å². The maximum Gasteiger partial charge on any atom is 0.191 e. The van der Waals surface area contributed by atoms with Gasteiger partial charge in [-0.3, -0.25) is 15.4 Å². The molecule has 8 heteroatoms. The topological polar surface area (TPSA) is 81.2 Å². The van der Waals surface area contributed by atoms with Crippen LogP contribution in [0.25, 0.3) is 10.9 Å². The summed E-state index contributed by atoms with van der Waals surface area (Å²) in [6, 6.07) is 11.0. The summed E-state index contributed by atoms with van der Waals surface area (Å²) in [5.41, 5.74) is 8.49. The van der Waals surface area contributed by atoms with Gasteiger partial charge in [-0.2, -0.15) is 0 Å². The Balaban J connectivity index is 1.36. The molecule has 1 aromatic carbocycles. The Morgan fingerprint density at radius 1 is 1.18 bits per heavy atom. The van der Waals surface area contributed by atoms with Crippen LogP contribution in [0.1, 0.15) is 18.4 Å². The summed E-state index contributed by atoms with van der Waals surface area (Å²) < 4.78 is 0. The lowest BCUT2D eigenvalue weighted by Gasteiger charge is -2.32. The monoisotopic (exact) mass is 376 g/mol. The number of rotatable bonds is 4. The first-order valence-electron chi connectivity index (χ1n) is 9.72. The van der Waals surface area contributed by atoms with Crippen LogP contribution in [-0.4, -0.2) is 41.1 Å². The number of hydrogen-bond donors (Lipinski definition) is 3. The van der Waals surface area contributed by atoms with Crippen LogP contribution in [0.15, 0.2) is 42.7 Å². The molecule has 144 valence electrons. The van der Waals surface area contributed by atoms with Gasteiger partial charge in [0.25, 0.3) is 0 Å². The number of fused-ring (bicyclic) bond motifs is 2. The summed E-state index contributed by atoms with van der Waals surface area (Å²) in [5.74, 6) is 2.53. The molecule has 0 spiro atoms. The molecule has 0 amide bonds. The molecule has 1 fully saturated rings. The summed E-state index contributed by atoms with van der Waals surface area (Å²) in [6.07, 6.45) is 5.93. The van der Waals surface area contributed by atoms with E-state index in [0.717, 1.165) is 54.3 Å². The first-order valence-corrected chi connectivity index (χ1v) is 9.72. The normalized spacial score (nSPS) is 17.0. The van der Waals surface area contributed by atoms with E-state index in [9.17, 15) is 0 Å². The molecule has 3 N–H and O–H groups in total. The van der Waals surface area contributed by atoms with Crippen LogP contribution < -0.4 is 26.2 Å². The Morgan fingerprint density at radius 3 is 2.93 bits per heavy atom. The zero-order valence-corrected chi connectivity index (χ0v) is 15.9. The van der Waals surface area contributed by atoms with Crippen LogP contribution in [0, 0.1) is 0 Å². The van der Waals surface area contributed by atoms with Crippen LogP contribution in [0.5, 0.6) is 0 Å². The Kier molecular flexibility index (Phi) is 4.42. The maximum atomic E-state index is 4.90. The lowest BCUT2D eigenvalue weighted by atomic mass is 10.1. The van der Waals surface area contributed by atoms with Crippen molar-refractivity contribution in [3.05, 3.63) is 48.3 Å². The van der Waals surface area contributed by atoms with E-state index in [1.807, 2.05) is 30.5 Å². The highest BCUT2D eigenvalue weighted by Crippen LogP contribution is 2.29. The van der Waals surface area contributed by atoms with Crippen molar-refractivity contribution in [1.29, 1.82) is 0 Å². The summed E-state index contributed by atoms with van der Waals surface area (Å²) in [5, 5.41) is 6.51. The number of pyridine rings is 1. The van der Waals surface area contributed by atoms with E-state index < -0.39 is 0 Å². The lowest BCUT2D eigenvalue weighted by molar-refractivity contribution is 0.440. The third-order valence-corrected chi connectivity index (χ3v) is 5.54. The van der Waals surface area contributed by atoms with E-state index >= 15 is 0 Å². The van der Waals surface area contributed by atoms with Gasteiger partial charge < -0.3 is 10.2 Å². The standard InChI is InChI=1S/C20H24N8/c1-21-16-6-9-27(10-7-16)18-12-23-19-20(24-18)28(26-25-19)13-14-4-5-17-15(11-14)3-2-8-22-17/h2-5,8,11-12,16,21,26H,6-7,9-10,13H2,1H3,(H,23,25). The first-order chi connectivity index (χ1) is 13.8. The van der Waals surface area contributed by atoms with Gasteiger partial charge in [0.05, 0.1) is 18.3 Å².